The molecule has 0 atom stereocenters. The van der Waals surface area contributed by atoms with Gasteiger partial charge in [-0.25, -0.2) is 19.2 Å². The number of carbonyl (C=O) groups excluding carboxylic acids is 3. The lowest BCUT2D eigenvalue weighted by molar-refractivity contribution is -0.153. The van der Waals surface area contributed by atoms with Gasteiger partial charge in [-0.2, -0.15) is 0 Å². The normalized spacial score (nSPS) is 11.2. The highest BCUT2D eigenvalue weighted by Gasteiger charge is 2.24. The van der Waals surface area contributed by atoms with Gasteiger partial charge in [0.05, 0.1) is 24.3 Å². The third-order valence-electron chi connectivity index (χ3n) is 5.21. The Labute approximate surface area is 209 Å². The molecule has 0 aliphatic heterocycles. The second-order valence-electron chi connectivity index (χ2n) is 9.28. The minimum Gasteiger partial charge on any atom is -0.462 e. The highest BCUT2D eigenvalue weighted by atomic mass is 19.1. The molecule has 1 aromatic heterocycles. The quantitative estimate of drug-likeness (QED) is 0.321. The van der Waals surface area contributed by atoms with Gasteiger partial charge in [-0.3, -0.25) is 9.59 Å². The highest BCUT2D eigenvalue weighted by molar-refractivity contribution is 5.98. The minimum atomic E-state index is -0.729. The monoisotopic (exact) mass is 492 g/mol. The molecule has 0 aliphatic carbocycles. The van der Waals surface area contributed by atoms with Crippen LogP contribution >= 0.6 is 0 Å². The summed E-state index contributed by atoms with van der Waals surface area (Å²) in [6.07, 6.45) is 0.719. The molecule has 3 aromatic rings. The van der Waals surface area contributed by atoms with Crippen LogP contribution in [0.4, 0.5) is 4.39 Å². The van der Waals surface area contributed by atoms with Gasteiger partial charge in [0.25, 0.3) is 0 Å². The molecular weight excluding hydrogens is 463 g/mol. The number of ether oxygens (including phenoxy) is 2. The Hall–Kier alpha value is -3.94. The Morgan fingerprint density at radius 3 is 2.28 bits per heavy atom. The standard InChI is InChI=1S/C28H29FN2O5/c1-6-35-27(34)25-21(14-18-10-12-19(13-11-18)15-23(33)36-28(3,4)5)30-26(31-22(25)16-32)24-17(2)8-7-9-20(24)29/h7-13,16H,6,14-15H2,1-5H3. The van der Waals surface area contributed by atoms with E-state index in [9.17, 15) is 18.8 Å². The molecule has 0 aliphatic rings. The number of rotatable bonds is 8. The first-order valence-corrected chi connectivity index (χ1v) is 11.6. The first kappa shape index (κ1) is 26.7. The number of esters is 2. The Balaban J connectivity index is 2.00. The van der Waals surface area contributed by atoms with Crippen molar-refractivity contribution < 1.29 is 28.2 Å². The molecule has 2 aromatic carbocycles. The van der Waals surface area contributed by atoms with Crippen LogP contribution < -0.4 is 0 Å². The number of aryl methyl sites for hydroxylation is 1. The Bertz CT molecular complexity index is 1260. The van der Waals surface area contributed by atoms with Gasteiger partial charge in [0.2, 0.25) is 0 Å². The van der Waals surface area contributed by atoms with Crippen LogP contribution in [0.1, 0.15) is 70.9 Å². The van der Waals surface area contributed by atoms with E-state index in [0.29, 0.717) is 11.8 Å². The summed E-state index contributed by atoms with van der Waals surface area (Å²) in [5, 5.41) is 0. The number of hydrogen-bond donors (Lipinski definition) is 0. The Kier molecular flexibility index (Phi) is 8.29. The van der Waals surface area contributed by atoms with Crippen molar-refractivity contribution in [2.24, 2.45) is 0 Å². The van der Waals surface area contributed by atoms with Crippen LogP contribution in [0.5, 0.6) is 0 Å². The van der Waals surface area contributed by atoms with E-state index in [2.05, 4.69) is 9.97 Å². The molecule has 0 radical (unpaired) electrons. The largest absolute Gasteiger partial charge is 0.462 e. The second-order valence-corrected chi connectivity index (χ2v) is 9.28. The van der Waals surface area contributed by atoms with E-state index >= 15 is 0 Å². The van der Waals surface area contributed by atoms with Crippen molar-refractivity contribution in [3.05, 3.63) is 81.9 Å². The van der Waals surface area contributed by atoms with Crippen molar-refractivity contribution in [3.63, 3.8) is 0 Å². The molecule has 8 heteroatoms. The van der Waals surface area contributed by atoms with E-state index in [1.807, 2.05) is 20.8 Å². The summed E-state index contributed by atoms with van der Waals surface area (Å²) in [6.45, 7) is 8.89. The van der Waals surface area contributed by atoms with Crippen LogP contribution in [-0.4, -0.2) is 40.4 Å². The molecule has 0 bridgehead atoms. The number of halogens is 1. The summed E-state index contributed by atoms with van der Waals surface area (Å²) >= 11 is 0. The van der Waals surface area contributed by atoms with Crippen molar-refractivity contribution in [1.82, 2.24) is 9.97 Å². The number of nitrogens with zero attached hydrogens (tertiary/aromatic N) is 2. The third-order valence-corrected chi connectivity index (χ3v) is 5.21. The van der Waals surface area contributed by atoms with E-state index in [1.54, 1.807) is 50.2 Å². The summed E-state index contributed by atoms with van der Waals surface area (Å²) in [4.78, 5) is 45.4. The van der Waals surface area contributed by atoms with Crippen molar-refractivity contribution in [1.29, 1.82) is 0 Å². The molecule has 36 heavy (non-hydrogen) atoms. The molecule has 3 rings (SSSR count). The predicted molar refractivity (Wildman–Crippen MR) is 132 cm³/mol. The molecule has 1 heterocycles. The molecule has 0 fully saturated rings. The van der Waals surface area contributed by atoms with Gasteiger partial charge >= 0.3 is 11.9 Å². The second kappa shape index (κ2) is 11.2. The van der Waals surface area contributed by atoms with Crippen LogP contribution in [0.15, 0.2) is 42.5 Å². The fraction of sp³-hybridized carbons (Fsp3) is 0.321. The smallest absolute Gasteiger partial charge is 0.342 e. The first-order chi connectivity index (χ1) is 17.0. The number of benzene rings is 2. The fourth-order valence-corrected chi connectivity index (χ4v) is 3.70. The van der Waals surface area contributed by atoms with Gasteiger partial charge in [-0.05, 0) is 57.4 Å². The maximum absolute atomic E-state index is 14.7. The SMILES string of the molecule is CCOC(=O)c1c(C=O)nc(-c2c(C)cccc2F)nc1Cc1ccc(CC(=O)OC(C)(C)C)cc1. The molecule has 0 amide bonds. The lowest BCUT2D eigenvalue weighted by atomic mass is 10.0. The molecule has 0 unspecified atom stereocenters. The summed E-state index contributed by atoms with van der Waals surface area (Å²) in [5.74, 6) is -1.59. The topological polar surface area (TPSA) is 95.5 Å². The van der Waals surface area contributed by atoms with Crippen molar-refractivity contribution in [3.8, 4) is 11.4 Å². The zero-order valence-electron chi connectivity index (χ0n) is 21.1. The summed E-state index contributed by atoms with van der Waals surface area (Å²) in [5.41, 5.74) is 1.72. The van der Waals surface area contributed by atoms with Gasteiger partial charge < -0.3 is 9.47 Å². The van der Waals surface area contributed by atoms with E-state index in [0.717, 1.165) is 11.1 Å². The Morgan fingerprint density at radius 2 is 1.69 bits per heavy atom. The van der Waals surface area contributed by atoms with Crippen molar-refractivity contribution in [2.75, 3.05) is 6.61 Å². The maximum atomic E-state index is 14.7. The van der Waals surface area contributed by atoms with E-state index < -0.39 is 17.4 Å². The number of aldehydes is 1. The van der Waals surface area contributed by atoms with E-state index in [-0.39, 0.29) is 53.8 Å². The summed E-state index contributed by atoms with van der Waals surface area (Å²) in [6, 6.07) is 11.7. The number of hydrogen-bond acceptors (Lipinski definition) is 7. The molecule has 0 spiro atoms. The first-order valence-electron chi connectivity index (χ1n) is 11.6. The van der Waals surface area contributed by atoms with Crippen molar-refractivity contribution in [2.45, 2.75) is 53.1 Å². The summed E-state index contributed by atoms with van der Waals surface area (Å²) in [7, 11) is 0. The van der Waals surface area contributed by atoms with Gasteiger partial charge in [0, 0.05) is 6.42 Å². The average molecular weight is 493 g/mol. The van der Waals surface area contributed by atoms with E-state index in [4.69, 9.17) is 9.47 Å². The molecule has 188 valence electrons. The zero-order valence-corrected chi connectivity index (χ0v) is 21.1. The van der Waals surface area contributed by atoms with Crippen LogP contribution in [0, 0.1) is 12.7 Å². The molecular formula is C28H29FN2O5. The van der Waals surface area contributed by atoms with Crippen LogP contribution in [0.25, 0.3) is 11.4 Å². The van der Waals surface area contributed by atoms with Crippen molar-refractivity contribution >= 4 is 18.2 Å². The average Bonchev–Trinajstić information content (AvgIpc) is 2.78. The zero-order chi connectivity index (χ0) is 26.5. The fourth-order valence-electron chi connectivity index (χ4n) is 3.70. The van der Waals surface area contributed by atoms with Gasteiger partial charge in [-0.15, -0.1) is 0 Å². The maximum Gasteiger partial charge on any atom is 0.342 e. The van der Waals surface area contributed by atoms with Crippen LogP contribution in [-0.2, 0) is 27.1 Å². The van der Waals surface area contributed by atoms with Crippen LogP contribution in [0.2, 0.25) is 0 Å². The lowest BCUT2D eigenvalue weighted by Gasteiger charge is -2.19. The Morgan fingerprint density at radius 1 is 1.03 bits per heavy atom. The predicted octanol–water partition coefficient (Wildman–Crippen LogP) is 5.06. The van der Waals surface area contributed by atoms with Gasteiger partial charge in [-0.1, -0.05) is 36.4 Å². The molecule has 0 saturated heterocycles. The molecule has 0 N–H and O–H groups in total. The lowest BCUT2D eigenvalue weighted by Crippen LogP contribution is -2.24. The number of carbonyl (C=O) groups is 3. The third kappa shape index (κ3) is 6.59. The number of aromatic nitrogens is 2. The van der Waals surface area contributed by atoms with Gasteiger partial charge in [0.1, 0.15) is 22.7 Å². The summed E-state index contributed by atoms with van der Waals surface area (Å²) < 4.78 is 25.2. The minimum absolute atomic E-state index is 0.0114. The van der Waals surface area contributed by atoms with E-state index in [1.165, 1.54) is 6.07 Å². The van der Waals surface area contributed by atoms with Crippen LogP contribution in [0.3, 0.4) is 0 Å². The van der Waals surface area contributed by atoms with Gasteiger partial charge in [0.15, 0.2) is 12.1 Å². The molecule has 0 saturated carbocycles. The highest BCUT2D eigenvalue weighted by Crippen LogP contribution is 2.27. The molecule has 7 nitrogen and oxygen atoms in total.